The first kappa shape index (κ1) is 29.0. The van der Waals surface area contributed by atoms with Crippen molar-refractivity contribution in [1.29, 1.82) is 5.26 Å². The van der Waals surface area contributed by atoms with Gasteiger partial charge in [0, 0.05) is 54.7 Å². The van der Waals surface area contributed by atoms with E-state index in [0.717, 1.165) is 15.1 Å². The van der Waals surface area contributed by atoms with E-state index in [1.54, 1.807) is 41.3 Å². The molecule has 1 N–H and O–H groups in total. The summed E-state index contributed by atoms with van der Waals surface area (Å²) in [6.45, 7) is 1.12. The number of likely N-dealkylation sites (N-methyl/N-ethyl adjacent to an activating group) is 1. The number of thiophene rings is 1. The van der Waals surface area contributed by atoms with E-state index in [1.807, 2.05) is 19.0 Å². The molecule has 0 saturated heterocycles. The molecule has 12 heteroatoms. The number of benzene rings is 1. The lowest BCUT2D eigenvalue weighted by Gasteiger charge is -2.33. The van der Waals surface area contributed by atoms with Crippen LogP contribution < -0.4 is 0 Å². The standard InChI is InChI=1S/C28H28F3N5O3S/c1-34(2)11-5-9-25(37)35-15-22(21-13-18(14-32)40-24(21)17-35)19-7-3-4-8-20(19)23-16-36(12-6-10-26(38)39)33-27(23)28(29,30)31/h3-5,7-9,13,16,22H,6,10-12,15,17H2,1-2H3,(H,38,39)/b9-5+/t22-/m0/s1. The third kappa shape index (κ3) is 6.60. The van der Waals surface area contributed by atoms with E-state index in [4.69, 9.17) is 5.11 Å². The van der Waals surface area contributed by atoms with Crippen molar-refractivity contribution in [3.63, 3.8) is 0 Å². The number of carbonyl (C=O) groups is 2. The lowest BCUT2D eigenvalue weighted by molar-refractivity contribution is -0.141. The molecule has 210 valence electrons. The van der Waals surface area contributed by atoms with Crippen molar-refractivity contribution in [2.24, 2.45) is 0 Å². The normalized spacial score (nSPS) is 15.4. The first-order chi connectivity index (χ1) is 19.0. The molecule has 0 fully saturated rings. The number of hydrogen-bond donors (Lipinski definition) is 1. The zero-order valence-corrected chi connectivity index (χ0v) is 22.8. The van der Waals surface area contributed by atoms with Crippen LogP contribution in [0, 0.1) is 11.3 Å². The summed E-state index contributed by atoms with van der Waals surface area (Å²) in [6.07, 6.45) is -0.252. The highest BCUT2D eigenvalue weighted by molar-refractivity contribution is 7.12. The van der Waals surface area contributed by atoms with E-state index in [-0.39, 0.29) is 37.4 Å². The highest BCUT2D eigenvalue weighted by Gasteiger charge is 2.39. The number of alkyl halides is 3. The van der Waals surface area contributed by atoms with Crippen LogP contribution in [0.15, 0.2) is 48.7 Å². The molecular formula is C28H28F3N5O3S. The van der Waals surface area contributed by atoms with E-state index in [2.05, 4.69) is 11.2 Å². The van der Waals surface area contributed by atoms with Crippen LogP contribution in [0.25, 0.3) is 11.1 Å². The van der Waals surface area contributed by atoms with Gasteiger partial charge in [-0.15, -0.1) is 11.3 Å². The maximum atomic E-state index is 14.1. The molecule has 3 aromatic rings. The van der Waals surface area contributed by atoms with Gasteiger partial charge in [0.1, 0.15) is 10.9 Å². The van der Waals surface area contributed by atoms with E-state index >= 15 is 0 Å². The molecule has 8 nitrogen and oxygen atoms in total. The number of aromatic nitrogens is 2. The van der Waals surface area contributed by atoms with Gasteiger partial charge in [-0.25, -0.2) is 0 Å². The zero-order chi connectivity index (χ0) is 29.0. The molecule has 40 heavy (non-hydrogen) atoms. The molecule has 3 heterocycles. The van der Waals surface area contributed by atoms with Crippen molar-refractivity contribution in [3.05, 3.63) is 75.3 Å². The minimum Gasteiger partial charge on any atom is -0.481 e. The summed E-state index contributed by atoms with van der Waals surface area (Å²) in [5.74, 6) is -1.73. The van der Waals surface area contributed by atoms with E-state index < -0.39 is 23.8 Å². The van der Waals surface area contributed by atoms with Crippen LogP contribution >= 0.6 is 11.3 Å². The van der Waals surface area contributed by atoms with Gasteiger partial charge in [0.25, 0.3) is 0 Å². The van der Waals surface area contributed by atoms with Gasteiger partial charge in [-0.05, 0) is 43.3 Å². The van der Waals surface area contributed by atoms with Crippen LogP contribution in [0.3, 0.4) is 0 Å². The van der Waals surface area contributed by atoms with E-state index in [9.17, 15) is 28.0 Å². The van der Waals surface area contributed by atoms with E-state index in [1.165, 1.54) is 23.6 Å². The second-order valence-corrected chi connectivity index (χ2v) is 10.9. The highest BCUT2D eigenvalue weighted by Crippen LogP contribution is 2.44. The fraction of sp³-hybridized carbons (Fsp3) is 0.357. The van der Waals surface area contributed by atoms with Crippen LogP contribution in [-0.4, -0.2) is 63.7 Å². The summed E-state index contributed by atoms with van der Waals surface area (Å²) in [5.41, 5.74) is 0.533. The third-order valence-electron chi connectivity index (χ3n) is 6.54. The summed E-state index contributed by atoms with van der Waals surface area (Å²) < 4.78 is 43.5. The van der Waals surface area contributed by atoms with Crippen LogP contribution in [0.2, 0.25) is 0 Å². The summed E-state index contributed by atoms with van der Waals surface area (Å²) in [7, 11) is 3.76. The second-order valence-electron chi connectivity index (χ2n) is 9.77. The van der Waals surface area contributed by atoms with Crippen molar-refractivity contribution >= 4 is 23.2 Å². The number of halogens is 3. The smallest absolute Gasteiger partial charge is 0.435 e. The number of carboxylic acids is 1. The third-order valence-corrected chi connectivity index (χ3v) is 7.58. The Morgan fingerprint density at radius 3 is 2.67 bits per heavy atom. The number of hydrogen-bond acceptors (Lipinski definition) is 6. The predicted molar refractivity (Wildman–Crippen MR) is 144 cm³/mol. The fourth-order valence-corrected chi connectivity index (χ4v) is 5.79. The lowest BCUT2D eigenvalue weighted by atomic mass is 9.83. The van der Waals surface area contributed by atoms with Crippen molar-refractivity contribution < 1.29 is 27.9 Å². The molecule has 0 spiro atoms. The number of carbonyl (C=O) groups excluding carboxylic acids is 1. The summed E-state index contributed by atoms with van der Waals surface area (Å²) in [6, 6.07) is 10.6. The molecule has 1 aromatic carbocycles. The van der Waals surface area contributed by atoms with Gasteiger partial charge in [-0.2, -0.15) is 23.5 Å². The van der Waals surface area contributed by atoms with Gasteiger partial charge in [-0.3, -0.25) is 14.3 Å². The van der Waals surface area contributed by atoms with Crippen molar-refractivity contribution in [1.82, 2.24) is 19.6 Å². The maximum absolute atomic E-state index is 14.1. The molecule has 4 rings (SSSR count). The largest absolute Gasteiger partial charge is 0.481 e. The Morgan fingerprint density at radius 1 is 1.25 bits per heavy atom. The van der Waals surface area contributed by atoms with Gasteiger partial charge < -0.3 is 14.9 Å². The topological polar surface area (TPSA) is 102 Å². The molecule has 0 saturated carbocycles. The number of nitrogens with zero attached hydrogens (tertiary/aromatic N) is 5. The predicted octanol–water partition coefficient (Wildman–Crippen LogP) is 4.96. The monoisotopic (exact) mass is 571 g/mol. The molecule has 0 radical (unpaired) electrons. The first-order valence-corrected chi connectivity index (χ1v) is 13.4. The minimum absolute atomic E-state index is 0.0166. The molecular weight excluding hydrogens is 543 g/mol. The molecule has 0 bridgehead atoms. The van der Waals surface area contributed by atoms with E-state index in [0.29, 0.717) is 29.1 Å². The quantitative estimate of drug-likeness (QED) is 0.365. The SMILES string of the molecule is CN(C)C/C=C/C(=O)N1Cc2sc(C#N)cc2[C@H](c2ccccc2-c2cn(CCCC(=O)O)nc2C(F)(F)F)C1. The van der Waals surface area contributed by atoms with Crippen molar-refractivity contribution in [2.75, 3.05) is 27.2 Å². The number of aliphatic carboxylic acids is 1. The number of aryl methyl sites for hydroxylation is 1. The number of nitriles is 1. The minimum atomic E-state index is -4.74. The van der Waals surface area contributed by atoms with Gasteiger partial charge >= 0.3 is 12.1 Å². The molecule has 2 aromatic heterocycles. The Hall–Kier alpha value is -3.95. The van der Waals surface area contributed by atoms with Gasteiger partial charge in [0.15, 0.2) is 5.69 Å². The summed E-state index contributed by atoms with van der Waals surface area (Å²) in [5, 5.41) is 22.2. The van der Waals surface area contributed by atoms with Crippen LogP contribution in [-0.2, 0) is 28.9 Å². The molecule has 1 atom stereocenters. The average Bonchev–Trinajstić information content (AvgIpc) is 3.52. The summed E-state index contributed by atoms with van der Waals surface area (Å²) in [4.78, 5) is 28.8. The number of amides is 1. The average molecular weight is 572 g/mol. The molecule has 1 aliphatic rings. The Kier molecular flexibility index (Phi) is 8.76. The number of carboxylic acid groups (broad SMARTS) is 1. The zero-order valence-electron chi connectivity index (χ0n) is 22.0. The first-order valence-electron chi connectivity index (χ1n) is 12.6. The molecule has 0 unspecified atom stereocenters. The summed E-state index contributed by atoms with van der Waals surface area (Å²) >= 11 is 1.28. The second kappa shape index (κ2) is 12.1. The Morgan fingerprint density at radius 2 is 2.00 bits per heavy atom. The molecule has 1 aliphatic heterocycles. The fourth-order valence-electron chi connectivity index (χ4n) is 4.76. The molecule has 1 amide bonds. The van der Waals surface area contributed by atoms with Crippen LogP contribution in [0.4, 0.5) is 13.2 Å². The highest BCUT2D eigenvalue weighted by atomic mass is 32.1. The van der Waals surface area contributed by atoms with Crippen LogP contribution in [0.1, 0.15) is 45.3 Å². The van der Waals surface area contributed by atoms with Gasteiger partial charge in [-0.1, -0.05) is 30.3 Å². The number of rotatable bonds is 9. The van der Waals surface area contributed by atoms with Gasteiger partial charge in [0.05, 0.1) is 6.54 Å². The maximum Gasteiger partial charge on any atom is 0.435 e. The molecule has 0 aliphatic carbocycles. The number of fused-ring (bicyclic) bond motifs is 1. The van der Waals surface area contributed by atoms with Gasteiger partial charge in [0.2, 0.25) is 5.91 Å². The van der Waals surface area contributed by atoms with Crippen molar-refractivity contribution in [2.45, 2.75) is 38.0 Å². The van der Waals surface area contributed by atoms with Crippen LogP contribution in [0.5, 0.6) is 0 Å². The Balaban J connectivity index is 1.77. The Labute approximate surface area is 233 Å². The lowest BCUT2D eigenvalue weighted by Crippen LogP contribution is -2.37. The van der Waals surface area contributed by atoms with Crippen molar-refractivity contribution in [3.8, 4) is 17.2 Å². The Bertz CT molecular complexity index is 1470.